The lowest BCUT2D eigenvalue weighted by Gasteiger charge is -2.02. The maximum absolute atomic E-state index is 5.93. The van der Waals surface area contributed by atoms with Gasteiger partial charge in [-0.25, -0.2) is 4.98 Å². The smallest absolute Gasteiger partial charge is 0.114 e. The van der Waals surface area contributed by atoms with Crippen molar-refractivity contribution < 1.29 is 0 Å². The third-order valence-electron chi connectivity index (χ3n) is 2.31. The minimum Gasteiger partial charge on any atom is -0.758 e. The lowest BCUT2D eigenvalue weighted by Crippen LogP contribution is -1.83. The van der Waals surface area contributed by atoms with Gasteiger partial charge in [0, 0.05) is 15.9 Å². The Balaban J connectivity index is 2.58. The van der Waals surface area contributed by atoms with Crippen molar-refractivity contribution in [3.05, 3.63) is 29.5 Å². The van der Waals surface area contributed by atoms with Gasteiger partial charge in [-0.15, -0.1) is 0 Å². The largest absolute Gasteiger partial charge is 0.758 e. The maximum atomic E-state index is 5.93. The van der Waals surface area contributed by atoms with Crippen molar-refractivity contribution in [1.82, 2.24) is 15.0 Å². The summed E-state index contributed by atoms with van der Waals surface area (Å²) in [6.45, 7) is 0. The highest BCUT2D eigenvalue weighted by molar-refractivity contribution is 7.59. The van der Waals surface area contributed by atoms with Crippen LogP contribution in [0.4, 0.5) is 0 Å². The van der Waals surface area contributed by atoms with E-state index >= 15 is 0 Å². The highest BCUT2D eigenvalue weighted by Crippen LogP contribution is 2.26. The van der Waals surface area contributed by atoms with Gasteiger partial charge in [0.15, 0.2) is 0 Å². The number of fused-ring (bicyclic) bond motifs is 3. The fraction of sp³-hybridized carbons (Fsp3) is 0. The summed E-state index contributed by atoms with van der Waals surface area (Å²) in [5.41, 5.74) is 2.60. The standard InChI is InChI=1S/C10H6ClN3S/c11-5-1-2-7-6(3-5)8-9(14-7)10(15)13-4-12-8/h1-4,14H,(H,12,13,15)/p-1. The van der Waals surface area contributed by atoms with Gasteiger partial charge < -0.3 is 17.6 Å². The Bertz CT molecular complexity index is 662. The first kappa shape index (κ1) is 8.88. The molecule has 0 unspecified atom stereocenters. The van der Waals surface area contributed by atoms with Gasteiger partial charge in [-0.2, -0.15) is 0 Å². The first-order chi connectivity index (χ1) is 7.25. The van der Waals surface area contributed by atoms with Gasteiger partial charge in [0.1, 0.15) is 6.33 Å². The van der Waals surface area contributed by atoms with E-state index in [0.717, 1.165) is 21.9 Å². The third-order valence-corrected chi connectivity index (χ3v) is 2.85. The fourth-order valence-electron chi connectivity index (χ4n) is 1.64. The van der Waals surface area contributed by atoms with Gasteiger partial charge in [0.25, 0.3) is 0 Å². The van der Waals surface area contributed by atoms with E-state index < -0.39 is 0 Å². The molecule has 3 nitrogen and oxygen atoms in total. The van der Waals surface area contributed by atoms with Gasteiger partial charge in [-0.3, -0.25) is 4.98 Å². The van der Waals surface area contributed by atoms with E-state index in [4.69, 9.17) is 24.2 Å². The van der Waals surface area contributed by atoms with Gasteiger partial charge in [-0.05, 0) is 18.2 Å². The summed E-state index contributed by atoms with van der Waals surface area (Å²) >= 11 is 11.0. The molecule has 74 valence electrons. The van der Waals surface area contributed by atoms with Crippen LogP contribution in [0.2, 0.25) is 5.02 Å². The molecular weight excluding hydrogens is 230 g/mol. The first-order valence-corrected chi connectivity index (χ1v) is 5.13. The normalized spacial score (nSPS) is 11.3. The first-order valence-electron chi connectivity index (χ1n) is 4.34. The number of rotatable bonds is 0. The highest BCUT2D eigenvalue weighted by atomic mass is 35.5. The van der Waals surface area contributed by atoms with Crippen molar-refractivity contribution in [1.29, 1.82) is 0 Å². The molecule has 3 rings (SSSR count). The van der Waals surface area contributed by atoms with Crippen LogP contribution >= 0.6 is 11.6 Å². The van der Waals surface area contributed by atoms with Crippen molar-refractivity contribution in [3.63, 3.8) is 0 Å². The zero-order chi connectivity index (χ0) is 10.4. The molecular formula is C10H5ClN3S-. The summed E-state index contributed by atoms with van der Waals surface area (Å²) in [4.78, 5) is 11.4. The van der Waals surface area contributed by atoms with Crippen LogP contribution in [0.3, 0.4) is 0 Å². The second kappa shape index (κ2) is 3.05. The summed E-state index contributed by atoms with van der Waals surface area (Å²) in [5, 5.41) is 2.20. The Labute approximate surface area is 95.9 Å². The molecule has 2 heterocycles. The summed E-state index contributed by atoms with van der Waals surface area (Å²) in [5.74, 6) is 0. The van der Waals surface area contributed by atoms with Crippen LogP contribution in [-0.2, 0) is 12.6 Å². The maximum Gasteiger partial charge on any atom is 0.114 e. The minimum atomic E-state index is 0.535. The van der Waals surface area contributed by atoms with E-state index in [9.17, 15) is 0 Å². The SMILES string of the molecule is [S-]c1ncnc2c1[nH]c1ccc(Cl)cc12. The molecule has 0 atom stereocenters. The second-order valence-electron chi connectivity index (χ2n) is 3.22. The molecule has 0 aliphatic rings. The minimum absolute atomic E-state index is 0.535. The van der Waals surface area contributed by atoms with Gasteiger partial charge in [-0.1, -0.05) is 16.6 Å². The molecule has 0 fully saturated rings. The number of nitrogens with one attached hydrogen (secondary N) is 1. The lowest BCUT2D eigenvalue weighted by atomic mass is 10.2. The number of H-pyrrole nitrogens is 1. The molecule has 0 spiro atoms. The van der Waals surface area contributed by atoms with Crippen molar-refractivity contribution >= 4 is 46.2 Å². The molecule has 2 aromatic heterocycles. The van der Waals surface area contributed by atoms with Crippen molar-refractivity contribution in [2.24, 2.45) is 0 Å². The van der Waals surface area contributed by atoms with Crippen LogP contribution in [-0.4, -0.2) is 15.0 Å². The number of hydrogen-bond acceptors (Lipinski definition) is 3. The van der Waals surface area contributed by atoms with E-state index in [2.05, 4.69) is 15.0 Å². The molecule has 0 bridgehead atoms. The summed E-state index contributed by atoms with van der Waals surface area (Å²) in [6, 6.07) is 5.61. The van der Waals surface area contributed by atoms with Crippen LogP contribution in [0.1, 0.15) is 0 Å². The van der Waals surface area contributed by atoms with Crippen molar-refractivity contribution in [2.45, 2.75) is 5.03 Å². The fourth-order valence-corrected chi connectivity index (χ4v) is 2.01. The molecule has 0 saturated heterocycles. The van der Waals surface area contributed by atoms with Crippen LogP contribution in [0.25, 0.3) is 21.9 Å². The number of halogens is 1. The van der Waals surface area contributed by atoms with Crippen LogP contribution < -0.4 is 0 Å². The average molecular weight is 235 g/mol. The van der Waals surface area contributed by atoms with Gasteiger partial charge in [0.2, 0.25) is 0 Å². The molecule has 5 heteroatoms. The zero-order valence-corrected chi connectivity index (χ0v) is 9.06. The van der Waals surface area contributed by atoms with E-state index in [-0.39, 0.29) is 0 Å². The monoisotopic (exact) mass is 234 g/mol. The molecule has 1 aromatic carbocycles. The Morgan fingerprint density at radius 2 is 2.13 bits per heavy atom. The molecule has 0 saturated carbocycles. The third kappa shape index (κ3) is 1.26. The zero-order valence-electron chi connectivity index (χ0n) is 7.49. The van der Waals surface area contributed by atoms with Crippen LogP contribution in [0, 0.1) is 0 Å². The molecule has 0 aliphatic carbocycles. The topological polar surface area (TPSA) is 41.6 Å². The van der Waals surface area contributed by atoms with E-state index in [1.807, 2.05) is 18.2 Å². The number of hydrogen-bond donors (Lipinski definition) is 1. The highest BCUT2D eigenvalue weighted by Gasteiger charge is 2.05. The molecule has 0 radical (unpaired) electrons. The summed E-state index contributed by atoms with van der Waals surface area (Å²) < 4.78 is 0. The molecule has 0 amide bonds. The molecule has 0 aliphatic heterocycles. The number of benzene rings is 1. The predicted octanol–water partition coefficient (Wildman–Crippen LogP) is 2.67. The van der Waals surface area contributed by atoms with Crippen molar-refractivity contribution in [2.75, 3.05) is 0 Å². The lowest BCUT2D eigenvalue weighted by molar-refractivity contribution is 1.10. The van der Waals surface area contributed by atoms with Crippen molar-refractivity contribution in [3.8, 4) is 0 Å². The second-order valence-corrected chi connectivity index (χ2v) is 4.04. The number of nitrogens with zero attached hydrogens (tertiary/aromatic N) is 2. The molecule has 3 aromatic rings. The van der Waals surface area contributed by atoms with Crippen LogP contribution in [0.15, 0.2) is 29.6 Å². The molecule has 15 heavy (non-hydrogen) atoms. The Morgan fingerprint density at radius 1 is 1.27 bits per heavy atom. The average Bonchev–Trinajstić information content (AvgIpc) is 2.58. The quantitative estimate of drug-likeness (QED) is 0.480. The predicted molar refractivity (Wildman–Crippen MR) is 62.0 cm³/mol. The summed E-state index contributed by atoms with van der Waals surface area (Å²) in [7, 11) is 0. The van der Waals surface area contributed by atoms with E-state index in [1.54, 1.807) is 0 Å². The van der Waals surface area contributed by atoms with Gasteiger partial charge in [0.05, 0.1) is 11.0 Å². The Kier molecular flexibility index (Phi) is 1.81. The molecule has 1 N–H and O–H groups in total. The summed E-state index contributed by atoms with van der Waals surface area (Å²) in [6.07, 6.45) is 1.47. The van der Waals surface area contributed by atoms with E-state index in [1.165, 1.54) is 6.33 Å². The van der Waals surface area contributed by atoms with Crippen LogP contribution in [0.5, 0.6) is 0 Å². The Morgan fingerprint density at radius 3 is 3.00 bits per heavy atom. The number of aromatic nitrogens is 3. The van der Waals surface area contributed by atoms with Gasteiger partial charge >= 0.3 is 0 Å². The van der Waals surface area contributed by atoms with E-state index in [0.29, 0.717) is 10.0 Å². The number of aromatic amines is 1. The Hall–Kier alpha value is -1.39.